The van der Waals surface area contributed by atoms with Crippen molar-refractivity contribution in [3.63, 3.8) is 0 Å². The van der Waals surface area contributed by atoms with Gasteiger partial charge in [-0.25, -0.2) is 4.68 Å². The summed E-state index contributed by atoms with van der Waals surface area (Å²) in [6.07, 6.45) is 2.78. The zero-order valence-electron chi connectivity index (χ0n) is 13.0. The fraction of sp³-hybridized carbons (Fsp3) is 0.353. The Balaban J connectivity index is 1.63. The number of nitrogens with zero attached hydrogens (tertiary/aromatic N) is 2. The molecule has 6 heteroatoms. The van der Waals surface area contributed by atoms with Crippen molar-refractivity contribution in [2.45, 2.75) is 26.2 Å². The fourth-order valence-corrected chi connectivity index (χ4v) is 2.43. The van der Waals surface area contributed by atoms with E-state index in [2.05, 4.69) is 10.4 Å². The highest BCUT2D eigenvalue weighted by Gasteiger charge is 2.27. The molecule has 2 aromatic rings. The molecule has 0 radical (unpaired) electrons. The Labute approximate surface area is 134 Å². The SMILES string of the molecule is Cc1cc(NC(=O)COC(=O)C2CCC2)n(-c2ccccc2)n1. The Morgan fingerprint density at radius 2 is 2.04 bits per heavy atom. The molecule has 1 saturated carbocycles. The van der Waals surface area contributed by atoms with Gasteiger partial charge in [0.15, 0.2) is 6.61 Å². The van der Waals surface area contributed by atoms with Crippen molar-refractivity contribution in [3.05, 3.63) is 42.1 Å². The van der Waals surface area contributed by atoms with Gasteiger partial charge in [0.1, 0.15) is 5.82 Å². The van der Waals surface area contributed by atoms with Crippen molar-refractivity contribution in [2.24, 2.45) is 5.92 Å². The van der Waals surface area contributed by atoms with Crippen molar-refractivity contribution < 1.29 is 14.3 Å². The number of benzene rings is 1. The monoisotopic (exact) mass is 313 g/mol. The van der Waals surface area contributed by atoms with Crippen LogP contribution >= 0.6 is 0 Å². The van der Waals surface area contributed by atoms with Gasteiger partial charge in [-0.3, -0.25) is 9.59 Å². The molecule has 23 heavy (non-hydrogen) atoms. The van der Waals surface area contributed by atoms with Gasteiger partial charge in [0.2, 0.25) is 0 Å². The molecule has 1 N–H and O–H groups in total. The quantitative estimate of drug-likeness (QED) is 0.861. The molecule has 0 unspecified atom stereocenters. The summed E-state index contributed by atoms with van der Waals surface area (Å²) < 4.78 is 6.71. The van der Waals surface area contributed by atoms with E-state index < -0.39 is 0 Å². The summed E-state index contributed by atoms with van der Waals surface area (Å²) in [7, 11) is 0. The number of nitrogens with one attached hydrogen (secondary N) is 1. The molecule has 6 nitrogen and oxygen atoms in total. The number of carbonyl (C=O) groups excluding carboxylic acids is 2. The van der Waals surface area contributed by atoms with E-state index in [9.17, 15) is 9.59 Å². The van der Waals surface area contributed by atoms with Crippen LogP contribution in [0.25, 0.3) is 5.69 Å². The average Bonchev–Trinajstić information content (AvgIpc) is 2.85. The minimum Gasteiger partial charge on any atom is -0.455 e. The van der Waals surface area contributed by atoms with E-state index in [-0.39, 0.29) is 24.4 Å². The standard InChI is InChI=1S/C17H19N3O3/c1-12-10-15(20(19-12)14-8-3-2-4-9-14)18-16(21)11-23-17(22)13-6-5-7-13/h2-4,8-10,13H,5-7,11H2,1H3,(H,18,21). The van der Waals surface area contributed by atoms with E-state index in [0.29, 0.717) is 5.82 Å². The van der Waals surface area contributed by atoms with Gasteiger partial charge in [-0.15, -0.1) is 0 Å². The number of esters is 1. The van der Waals surface area contributed by atoms with Gasteiger partial charge in [0.25, 0.3) is 5.91 Å². The first-order chi connectivity index (χ1) is 11.1. The van der Waals surface area contributed by atoms with Crippen LogP contribution in [0.5, 0.6) is 0 Å². The van der Waals surface area contributed by atoms with E-state index in [1.165, 1.54) is 0 Å². The topological polar surface area (TPSA) is 73.2 Å². The van der Waals surface area contributed by atoms with Gasteiger partial charge in [-0.2, -0.15) is 5.10 Å². The first-order valence-corrected chi connectivity index (χ1v) is 7.72. The Kier molecular flexibility index (Phi) is 4.41. The molecule has 1 aliphatic carbocycles. The molecule has 1 fully saturated rings. The molecule has 0 bridgehead atoms. The van der Waals surface area contributed by atoms with Gasteiger partial charge in [-0.1, -0.05) is 24.6 Å². The minimum atomic E-state index is -0.366. The largest absolute Gasteiger partial charge is 0.455 e. The van der Waals surface area contributed by atoms with Crippen LogP contribution in [-0.2, 0) is 14.3 Å². The molecule has 0 aliphatic heterocycles. The Morgan fingerprint density at radius 3 is 2.70 bits per heavy atom. The summed E-state index contributed by atoms with van der Waals surface area (Å²) in [5.41, 5.74) is 1.64. The fourth-order valence-electron chi connectivity index (χ4n) is 2.43. The first kappa shape index (κ1) is 15.3. The number of para-hydroxylation sites is 1. The van der Waals surface area contributed by atoms with Crippen molar-refractivity contribution in [3.8, 4) is 5.69 Å². The highest BCUT2D eigenvalue weighted by atomic mass is 16.5. The number of carbonyl (C=O) groups is 2. The number of ether oxygens (including phenoxy) is 1. The molecular formula is C17H19N3O3. The highest BCUT2D eigenvalue weighted by molar-refractivity contribution is 5.92. The van der Waals surface area contributed by atoms with E-state index in [0.717, 1.165) is 30.6 Å². The van der Waals surface area contributed by atoms with Gasteiger partial charge in [0, 0.05) is 6.07 Å². The smallest absolute Gasteiger partial charge is 0.309 e. The predicted octanol–water partition coefficient (Wildman–Crippen LogP) is 2.46. The summed E-state index contributed by atoms with van der Waals surface area (Å²) in [6, 6.07) is 11.3. The number of amides is 1. The average molecular weight is 313 g/mol. The van der Waals surface area contributed by atoms with E-state index in [4.69, 9.17) is 4.74 Å². The second-order valence-electron chi connectivity index (χ2n) is 5.70. The van der Waals surface area contributed by atoms with Gasteiger partial charge in [-0.05, 0) is 31.9 Å². The third-order valence-corrected chi connectivity index (χ3v) is 3.88. The lowest BCUT2D eigenvalue weighted by molar-refractivity contribution is -0.154. The van der Waals surface area contributed by atoms with Crippen LogP contribution < -0.4 is 5.32 Å². The lowest BCUT2D eigenvalue weighted by Gasteiger charge is -2.22. The molecule has 1 aliphatic rings. The minimum absolute atomic E-state index is 0.0279. The Morgan fingerprint density at radius 1 is 1.30 bits per heavy atom. The third-order valence-electron chi connectivity index (χ3n) is 3.88. The van der Waals surface area contributed by atoms with E-state index in [1.807, 2.05) is 37.3 Å². The second-order valence-corrected chi connectivity index (χ2v) is 5.70. The van der Waals surface area contributed by atoms with Crippen LogP contribution in [0.15, 0.2) is 36.4 Å². The molecular weight excluding hydrogens is 294 g/mol. The molecule has 0 atom stereocenters. The number of hydrogen-bond donors (Lipinski definition) is 1. The van der Waals surface area contributed by atoms with E-state index in [1.54, 1.807) is 10.7 Å². The van der Waals surface area contributed by atoms with Crippen LogP contribution in [0.2, 0.25) is 0 Å². The van der Waals surface area contributed by atoms with Crippen molar-refractivity contribution in [1.29, 1.82) is 0 Å². The van der Waals surface area contributed by atoms with Gasteiger partial charge < -0.3 is 10.1 Å². The zero-order valence-corrected chi connectivity index (χ0v) is 13.0. The maximum Gasteiger partial charge on any atom is 0.309 e. The number of aromatic nitrogens is 2. The van der Waals surface area contributed by atoms with Crippen molar-refractivity contribution in [2.75, 3.05) is 11.9 Å². The summed E-state index contributed by atoms with van der Waals surface area (Å²) in [4.78, 5) is 23.7. The van der Waals surface area contributed by atoms with Crippen LogP contribution in [0, 0.1) is 12.8 Å². The number of rotatable bonds is 5. The molecule has 3 rings (SSSR count). The zero-order chi connectivity index (χ0) is 16.2. The molecule has 0 saturated heterocycles. The van der Waals surface area contributed by atoms with Crippen molar-refractivity contribution in [1.82, 2.24) is 9.78 Å². The van der Waals surface area contributed by atoms with Crippen LogP contribution in [0.1, 0.15) is 25.0 Å². The number of anilines is 1. The van der Waals surface area contributed by atoms with Crippen LogP contribution in [-0.4, -0.2) is 28.3 Å². The Hall–Kier alpha value is -2.63. The third kappa shape index (κ3) is 3.59. The van der Waals surface area contributed by atoms with Crippen LogP contribution in [0.4, 0.5) is 5.82 Å². The molecule has 0 spiro atoms. The summed E-state index contributed by atoms with van der Waals surface area (Å²) in [6.45, 7) is 1.58. The van der Waals surface area contributed by atoms with Crippen molar-refractivity contribution >= 4 is 17.7 Å². The lowest BCUT2D eigenvalue weighted by Crippen LogP contribution is -2.28. The lowest BCUT2D eigenvalue weighted by atomic mass is 9.86. The normalized spacial score (nSPS) is 14.1. The summed E-state index contributed by atoms with van der Waals surface area (Å²) in [5, 5.41) is 7.12. The maximum absolute atomic E-state index is 12.0. The molecule has 1 amide bonds. The van der Waals surface area contributed by atoms with Gasteiger partial charge >= 0.3 is 5.97 Å². The van der Waals surface area contributed by atoms with E-state index >= 15 is 0 Å². The number of hydrogen-bond acceptors (Lipinski definition) is 4. The van der Waals surface area contributed by atoms with Crippen LogP contribution in [0.3, 0.4) is 0 Å². The number of aryl methyl sites for hydroxylation is 1. The summed E-state index contributed by atoms with van der Waals surface area (Å²) in [5.74, 6) is -0.118. The first-order valence-electron chi connectivity index (χ1n) is 7.72. The predicted molar refractivity (Wildman–Crippen MR) is 85.2 cm³/mol. The Bertz CT molecular complexity index is 705. The highest BCUT2D eigenvalue weighted by Crippen LogP contribution is 2.27. The molecule has 1 aromatic carbocycles. The molecule has 120 valence electrons. The maximum atomic E-state index is 12.0. The molecule has 1 aromatic heterocycles. The second kappa shape index (κ2) is 6.64. The molecule has 1 heterocycles. The summed E-state index contributed by atoms with van der Waals surface area (Å²) >= 11 is 0. The van der Waals surface area contributed by atoms with Gasteiger partial charge in [0.05, 0.1) is 17.3 Å².